The van der Waals surface area contributed by atoms with Gasteiger partial charge in [0.2, 0.25) is 0 Å². The Balaban J connectivity index is 1.85. The van der Waals surface area contributed by atoms with Crippen molar-refractivity contribution >= 4 is 5.69 Å². The molecule has 0 bridgehead atoms. The average molecular weight is 455 g/mol. The van der Waals surface area contributed by atoms with Crippen LogP contribution in [-0.4, -0.2) is 41.2 Å². The van der Waals surface area contributed by atoms with Crippen LogP contribution in [0.1, 0.15) is 25.3 Å². The Labute approximate surface area is 173 Å². The van der Waals surface area contributed by atoms with Gasteiger partial charge in [0, 0.05) is 23.5 Å². The van der Waals surface area contributed by atoms with E-state index >= 15 is 0 Å². The maximum atomic E-state index is 12.5. The van der Waals surface area contributed by atoms with Gasteiger partial charge in [0.25, 0.3) is 0 Å². The number of halogens is 6. The summed E-state index contributed by atoms with van der Waals surface area (Å²) in [7, 11) is 0. The first-order valence-electron chi connectivity index (χ1n) is 9.26. The number of quaternary nitrogens is 1. The molecule has 1 aliphatic carbocycles. The van der Waals surface area contributed by atoms with E-state index in [0.29, 0.717) is 17.2 Å². The van der Waals surface area contributed by atoms with Gasteiger partial charge in [0.1, 0.15) is 11.4 Å². The molecule has 0 amide bonds. The van der Waals surface area contributed by atoms with E-state index in [4.69, 9.17) is 9.47 Å². The second kappa shape index (κ2) is 8.24. The first kappa shape index (κ1) is 23.2. The smallest absolute Gasteiger partial charge is 0.422 e. The summed E-state index contributed by atoms with van der Waals surface area (Å²) in [6.45, 7) is -1.25. The number of hydrogen-bond donors (Lipinski definition) is 3. The van der Waals surface area contributed by atoms with Gasteiger partial charge >= 0.3 is 12.4 Å². The molecule has 1 heterocycles. The summed E-state index contributed by atoms with van der Waals surface area (Å²) in [6.07, 6.45) is -5.75. The van der Waals surface area contributed by atoms with Crippen LogP contribution >= 0.6 is 0 Å². The molecular weight excluding hydrogens is 434 g/mol. The molecule has 0 saturated carbocycles. The molecule has 1 aromatic rings. The molecule has 0 aromatic heterocycles. The first-order chi connectivity index (χ1) is 14.3. The Kier molecular flexibility index (Phi) is 6.18. The molecule has 0 fully saturated rings. The van der Waals surface area contributed by atoms with Gasteiger partial charge in [-0.15, -0.1) is 0 Å². The summed E-state index contributed by atoms with van der Waals surface area (Å²) < 4.78 is 84.3. The standard InChI is InChI=1S/C19H20F6N2O4/c1-17-7-6-12-8-13(30-10-18(20,21)22)2-4-15(12)26(28)27(29)16(17)5-3-14(9-17)31-11-19(23,24)25/h2-5,8,28-29H,6-7,9-11H2,1H3/p+1. The first-order valence-corrected chi connectivity index (χ1v) is 9.26. The lowest BCUT2D eigenvalue weighted by Gasteiger charge is -2.40. The van der Waals surface area contributed by atoms with Crippen molar-refractivity contribution in [2.75, 3.05) is 13.2 Å². The molecule has 3 N–H and O–H groups in total. The molecule has 12 heteroatoms. The summed E-state index contributed by atoms with van der Waals surface area (Å²) in [5, 5.41) is 21.1. The van der Waals surface area contributed by atoms with Crippen LogP contribution < -0.4 is 9.91 Å². The number of rotatable bonds is 4. The summed E-state index contributed by atoms with van der Waals surface area (Å²) in [6, 6.07) is 3.91. The van der Waals surface area contributed by atoms with Crippen molar-refractivity contribution in [2.45, 2.75) is 38.5 Å². The molecule has 2 atom stereocenters. The van der Waals surface area contributed by atoms with Crippen LogP contribution in [0.25, 0.3) is 0 Å². The van der Waals surface area contributed by atoms with Crippen LogP contribution in [0.2, 0.25) is 0 Å². The van der Waals surface area contributed by atoms with Gasteiger partial charge in [-0.05, 0) is 42.3 Å². The summed E-state index contributed by atoms with van der Waals surface area (Å²) in [5.41, 5.74) is -0.0250. The minimum atomic E-state index is -4.52. The second-order valence-electron chi connectivity index (χ2n) is 7.68. The second-order valence-corrected chi connectivity index (χ2v) is 7.68. The highest BCUT2D eigenvalue weighted by atomic mass is 19.4. The molecule has 3 rings (SSSR count). The molecule has 31 heavy (non-hydrogen) atoms. The fraction of sp³-hybridized carbons (Fsp3) is 0.474. The van der Waals surface area contributed by atoms with E-state index in [2.05, 4.69) is 0 Å². The Morgan fingerprint density at radius 2 is 1.71 bits per heavy atom. The molecule has 2 unspecified atom stereocenters. The average Bonchev–Trinajstić information content (AvgIpc) is 2.66. The molecule has 0 saturated heterocycles. The summed E-state index contributed by atoms with van der Waals surface area (Å²) >= 11 is 0. The molecule has 6 nitrogen and oxygen atoms in total. The molecule has 172 valence electrons. The van der Waals surface area contributed by atoms with Gasteiger partial charge in [-0.25, -0.2) is 5.21 Å². The maximum absolute atomic E-state index is 12.5. The van der Waals surface area contributed by atoms with E-state index in [9.17, 15) is 36.8 Å². The fourth-order valence-corrected chi connectivity index (χ4v) is 3.61. The van der Waals surface area contributed by atoms with Crippen LogP contribution in [0.4, 0.5) is 32.0 Å². The van der Waals surface area contributed by atoms with E-state index in [1.807, 2.05) is 0 Å². The SMILES string of the molecule is CC12CCc3cc(OCC(F)(F)F)ccc3[NH+](O)N(O)C1=CC=C(OCC(F)(F)F)C2. The van der Waals surface area contributed by atoms with E-state index in [-0.39, 0.29) is 35.7 Å². The third kappa shape index (κ3) is 5.63. The third-order valence-electron chi connectivity index (χ3n) is 5.13. The van der Waals surface area contributed by atoms with Gasteiger partial charge < -0.3 is 9.47 Å². The number of hydroxylamine groups is 1. The largest absolute Gasteiger partial charge is 0.488 e. The Hall–Kier alpha value is -2.44. The number of nitrogens with one attached hydrogen (secondary N) is 1. The van der Waals surface area contributed by atoms with Gasteiger partial charge in [-0.2, -0.15) is 31.5 Å². The zero-order chi connectivity index (χ0) is 23.0. The van der Waals surface area contributed by atoms with Crippen molar-refractivity contribution in [1.29, 1.82) is 0 Å². The van der Waals surface area contributed by atoms with Crippen LogP contribution in [0.5, 0.6) is 5.75 Å². The molecular formula is C19H21F6N2O4+. The molecule has 0 radical (unpaired) electrons. The molecule has 1 aromatic carbocycles. The molecule has 2 aliphatic rings. The predicted molar refractivity (Wildman–Crippen MR) is 93.2 cm³/mol. The van der Waals surface area contributed by atoms with E-state index < -0.39 is 36.2 Å². The summed E-state index contributed by atoms with van der Waals surface area (Å²) in [5.74, 6) is 0.00659. The van der Waals surface area contributed by atoms with E-state index in [1.54, 1.807) is 6.92 Å². The zero-order valence-electron chi connectivity index (χ0n) is 16.3. The quantitative estimate of drug-likeness (QED) is 0.603. The fourth-order valence-electron chi connectivity index (χ4n) is 3.61. The lowest BCUT2D eigenvalue weighted by molar-refractivity contribution is -1.15. The number of ether oxygens (including phenoxy) is 2. The van der Waals surface area contributed by atoms with Gasteiger partial charge in [0.05, 0.1) is 5.76 Å². The predicted octanol–water partition coefficient (Wildman–Crippen LogP) is 3.84. The molecule has 0 spiro atoms. The van der Waals surface area contributed by atoms with Crippen LogP contribution in [0.3, 0.4) is 0 Å². The normalized spacial score (nSPS) is 24.3. The topological polar surface area (TPSA) is 66.6 Å². The maximum Gasteiger partial charge on any atom is 0.422 e. The number of aryl methyl sites for hydroxylation is 1. The van der Waals surface area contributed by atoms with Crippen LogP contribution in [-0.2, 0) is 11.2 Å². The van der Waals surface area contributed by atoms with Crippen molar-refractivity contribution in [2.24, 2.45) is 5.41 Å². The number of nitrogens with zero attached hydrogens (tertiary/aromatic N) is 1. The molecule has 1 aliphatic heterocycles. The van der Waals surface area contributed by atoms with Crippen molar-refractivity contribution in [3.63, 3.8) is 0 Å². The highest BCUT2D eigenvalue weighted by molar-refractivity contribution is 5.45. The van der Waals surface area contributed by atoms with Gasteiger partial charge in [-0.1, -0.05) is 12.1 Å². The number of allylic oxidation sites excluding steroid dienone is 4. The van der Waals surface area contributed by atoms with Gasteiger partial charge in [-0.3, -0.25) is 0 Å². The van der Waals surface area contributed by atoms with E-state index in [1.165, 1.54) is 30.4 Å². The monoisotopic (exact) mass is 455 g/mol. The minimum absolute atomic E-state index is 0.0266. The van der Waals surface area contributed by atoms with Crippen molar-refractivity contribution in [3.8, 4) is 5.75 Å². The lowest BCUT2D eigenvalue weighted by Crippen LogP contribution is -3.11. The lowest BCUT2D eigenvalue weighted by atomic mass is 9.74. The van der Waals surface area contributed by atoms with E-state index in [0.717, 1.165) is 0 Å². The van der Waals surface area contributed by atoms with Crippen molar-refractivity contribution in [1.82, 2.24) is 5.17 Å². The van der Waals surface area contributed by atoms with Crippen molar-refractivity contribution in [3.05, 3.63) is 47.4 Å². The zero-order valence-corrected chi connectivity index (χ0v) is 16.3. The number of alkyl halides is 6. The Morgan fingerprint density at radius 3 is 2.35 bits per heavy atom. The number of hydrogen-bond acceptors (Lipinski definition) is 5. The Bertz CT molecular complexity index is 883. The number of benzene rings is 1. The highest BCUT2D eigenvalue weighted by Gasteiger charge is 2.43. The minimum Gasteiger partial charge on any atom is -0.488 e. The van der Waals surface area contributed by atoms with Crippen LogP contribution in [0.15, 0.2) is 41.8 Å². The van der Waals surface area contributed by atoms with Crippen molar-refractivity contribution < 1.29 is 51.4 Å². The summed E-state index contributed by atoms with van der Waals surface area (Å²) in [4.78, 5) is 0. The van der Waals surface area contributed by atoms with Crippen LogP contribution in [0, 0.1) is 5.41 Å². The Morgan fingerprint density at radius 1 is 1.06 bits per heavy atom. The van der Waals surface area contributed by atoms with Gasteiger partial charge in [0.15, 0.2) is 18.9 Å². The number of fused-ring (bicyclic) bond motifs is 2. The third-order valence-corrected chi connectivity index (χ3v) is 5.13. The highest BCUT2D eigenvalue weighted by Crippen LogP contribution is 2.44.